The number of pyridine rings is 1. The Bertz CT molecular complexity index is 2420. The van der Waals surface area contributed by atoms with Crippen LogP contribution in [0.4, 0.5) is 21.9 Å². The number of carbonyl (C=O) groups excluding carboxylic acids is 3. The molecule has 1 aromatic heterocycles. The standard InChI is InChI=1S/C44H51BN6O13S2/c1-25-15-32-41(54)49(43(56)64-24-44(11-12-44)66-65-38-10-9-27(21-46-38)51(58)59)30-19-36(34(60-4)17-28(30)39(52)47(32)22-25)62-13-7-6-8-14-63-37-20-31-29(18-35(37)61-5)40(53)48-23-26(2)16-33(48)42(55)50(31)45(3)57/h9-10,17-21,32-33,41-42,54-55,57H,1-2,6-8,11-16,22-24H2,3-5H3/t32-,33-,41-,42-/m0/s1. The fraction of sp³-hybridized carbons (Fsp3) is 0.455. The summed E-state index contributed by atoms with van der Waals surface area (Å²) in [5.74, 6) is 0.456. The molecule has 66 heavy (non-hydrogen) atoms. The number of aromatic nitrogens is 1. The lowest BCUT2D eigenvalue weighted by Crippen LogP contribution is -2.53. The van der Waals surface area contributed by atoms with Gasteiger partial charge in [0.25, 0.3) is 17.5 Å². The number of rotatable bonds is 17. The summed E-state index contributed by atoms with van der Waals surface area (Å²) in [7, 11) is 4.58. The molecule has 3 aromatic rings. The number of aliphatic hydroxyl groups excluding tert-OH is 2. The molecule has 3 N–H and O–H groups in total. The fourth-order valence-corrected chi connectivity index (χ4v) is 11.3. The zero-order valence-electron chi connectivity index (χ0n) is 36.8. The molecule has 4 aliphatic heterocycles. The molecule has 1 saturated carbocycles. The number of aliphatic hydroxyl groups is 2. The predicted octanol–water partition coefficient (Wildman–Crippen LogP) is 5.67. The van der Waals surface area contributed by atoms with E-state index in [4.69, 9.17) is 23.7 Å². The molecule has 5 heterocycles. The van der Waals surface area contributed by atoms with Crippen LogP contribution in [0.15, 0.2) is 71.9 Å². The van der Waals surface area contributed by atoms with Gasteiger partial charge in [-0.25, -0.2) is 14.7 Å². The van der Waals surface area contributed by atoms with Crippen LogP contribution in [-0.2, 0) is 4.74 Å². The van der Waals surface area contributed by atoms with Gasteiger partial charge in [0.15, 0.2) is 29.2 Å². The lowest BCUT2D eigenvalue weighted by molar-refractivity contribution is -0.385. The van der Waals surface area contributed by atoms with Crippen LogP contribution in [0.1, 0.15) is 65.7 Å². The van der Waals surface area contributed by atoms with Crippen molar-refractivity contribution in [2.75, 3.05) is 56.8 Å². The topological polar surface area (TPSA) is 227 Å². The summed E-state index contributed by atoms with van der Waals surface area (Å²) in [6.07, 6.45) is 1.70. The maximum Gasteiger partial charge on any atom is 0.416 e. The summed E-state index contributed by atoms with van der Waals surface area (Å²) >= 11 is 0. The summed E-state index contributed by atoms with van der Waals surface area (Å²) < 4.78 is 29.1. The number of fused-ring (bicyclic) bond motifs is 4. The fourth-order valence-electron chi connectivity index (χ4n) is 8.67. The average Bonchev–Trinajstić information content (AvgIpc) is 3.84. The van der Waals surface area contributed by atoms with Gasteiger partial charge in [0.05, 0.1) is 66.0 Å². The van der Waals surface area contributed by atoms with Gasteiger partial charge in [-0.2, -0.15) is 0 Å². The number of hydrogen-bond donors (Lipinski definition) is 3. The largest absolute Gasteiger partial charge is 0.493 e. The number of methoxy groups -OCH3 is 2. The second-order valence-corrected chi connectivity index (χ2v) is 19.6. The number of amides is 3. The van der Waals surface area contributed by atoms with E-state index in [0.29, 0.717) is 54.4 Å². The Kier molecular flexibility index (Phi) is 13.7. The Balaban J connectivity index is 0.917. The SMILES string of the molecule is C=C1C[C@H]2[C@H](O)N(B(C)O)c3cc(OCCCCCOc4cc5c(cc4OC)C(=O)N4CC(=C)C[C@H]4[C@H](O)N5C(=O)OCC4(SSc5ccc([N+](=O)[O-])cn5)CC4)c(OC)cc3C(=O)N2C1. The second-order valence-electron chi connectivity index (χ2n) is 17.0. The minimum Gasteiger partial charge on any atom is -0.493 e. The molecule has 350 valence electrons. The maximum absolute atomic E-state index is 14.1. The van der Waals surface area contributed by atoms with Crippen LogP contribution < -0.4 is 28.7 Å². The van der Waals surface area contributed by atoms with E-state index in [-0.39, 0.29) is 72.7 Å². The molecule has 3 amide bonds. The summed E-state index contributed by atoms with van der Waals surface area (Å²) in [6, 6.07) is 7.79. The predicted molar refractivity (Wildman–Crippen MR) is 246 cm³/mol. The molecule has 8 rings (SSSR count). The first-order valence-electron chi connectivity index (χ1n) is 21.5. The van der Waals surface area contributed by atoms with Gasteiger partial charge in [-0.15, -0.1) is 0 Å². The third-order valence-electron chi connectivity index (χ3n) is 12.3. The zero-order valence-corrected chi connectivity index (χ0v) is 38.4. The first-order chi connectivity index (χ1) is 31.6. The lowest BCUT2D eigenvalue weighted by Gasteiger charge is -2.34. The van der Waals surface area contributed by atoms with Crippen molar-refractivity contribution >= 4 is 63.6 Å². The monoisotopic (exact) mass is 946 g/mol. The maximum atomic E-state index is 14.1. The van der Waals surface area contributed by atoms with Crippen LogP contribution in [0.2, 0.25) is 6.82 Å². The Morgan fingerprint density at radius 2 is 1.44 bits per heavy atom. The normalized spacial score (nSPS) is 21.6. The molecular weight excluding hydrogens is 895 g/mol. The van der Waals surface area contributed by atoms with E-state index in [2.05, 4.69) is 18.1 Å². The highest BCUT2D eigenvalue weighted by Gasteiger charge is 2.50. The Hall–Kier alpha value is -5.68. The molecule has 19 nitrogen and oxygen atoms in total. The zero-order chi connectivity index (χ0) is 47.0. The van der Waals surface area contributed by atoms with E-state index in [1.165, 1.54) is 76.7 Å². The summed E-state index contributed by atoms with van der Waals surface area (Å²) in [6.45, 7) is 10.6. The van der Waals surface area contributed by atoms with E-state index in [9.17, 15) is 39.7 Å². The smallest absolute Gasteiger partial charge is 0.416 e. The summed E-state index contributed by atoms with van der Waals surface area (Å²) in [4.78, 5) is 62.1. The van der Waals surface area contributed by atoms with Crippen molar-refractivity contribution in [3.63, 3.8) is 0 Å². The minimum absolute atomic E-state index is 0.00557. The number of benzene rings is 2. The summed E-state index contributed by atoms with van der Waals surface area (Å²) in [5, 5.41) is 45.5. The van der Waals surface area contributed by atoms with Gasteiger partial charge < -0.3 is 53.5 Å². The molecule has 4 atom stereocenters. The number of nitro groups is 1. The summed E-state index contributed by atoms with van der Waals surface area (Å²) in [5.41, 5.74) is 2.25. The van der Waals surface area contributed by atoms with Gasteiger partial charge in [-0.3, -0.25) is 19.7 Å². The van der Waals surface area contributed by atoms with E-state index in [1.54, 1.807) is 23.1 Å². The first-order valence-corrected chi connectivity index (χ1v) is 23.7. The Labute approximate surface area is 389 Å². The molecule has 0 spiro atoms. The third kappa shape index (κ3) is 9.33. The van der Waals surface area contributed by atoms with E-state index in [1.807, 2.05) is 0 Å². The highest BCUT2D eigenvalue weighted by Crippen LogP contribution is 2.55. The number of ether oxygens (including phenoxy) is 5. The Morgan fingerprint density at radius 3 is 1.95 bits per heavy atom. The highest BCUT2D eigenvalue weighted by molar-refractivity contribution is 8.77. The highest BCUT2D eigenvalue weighted by atomic mass is 33.1. The average molecular weight is 947 g/mol. The van der Waals surface area contributed by atoms with Gasteiger partial charge in [0.1, 0.15) is 24.1 Å². The van der Waals surface area contributed by atoms with Crippen molar-refractivity contribution < 1.29 is 58.2 Å². The molecule has 3 fully saturated rings. The first kappa shape index (κ1) is 46.8. The van der Waals surface area contributed by atoms with E-state index < -0.39 is 53.3 Å². The van der Waals surface area contributed by atoms with Crippen LogP contribution >= 0.6 is 21.6 Å². The number of carbonyl (C=O) groups is 3. The third-order valence-corrected chi connectivity index (χ3v) is 15.5. The van der Waals surface area contributed by atoms with Crippen LogP contribution in [0, 0.1) is 10.1 Å². The van der Waals surface area contributed by atoms with Gasteiger partial charge in [-0.05, 0) is 80.8 Å². The molecule has 5 aliphatic rings. The van der Waals surface area contributed by atoms with Crippen LogP contribution in [0.5, 0.6) is 23.0 Å². The molecule has 2 saturated heterocycles. The number of unbranched alkanes of at least 4 members (excludes halogenated alkanes) is 2. The van der Waals surface area contributed by atoms with Gasteiger partial charge >= 0.3 is 13.1 Å². The molecule has 0 bridgehead atoms. The van der Waals surface area contributed by atoms with Gasteiger partial charge in [-0.1, -0.05) is 35.1 Å². The Morgan fingerprint density at radius 1 is 0.879 bits per heavy atom. The number of hydrogen-bond acceptors (Lipinski definition) is 17. The number of anilines is 2. The molecule has 1 aliphatic carbocycles. The van der Waals surface area contributed by atoms with Crippen LogP contribution in [-0.4, -0.2) is 136 Å². The van der Waals surface area contributed by atoms with Crippen molar-refractivity contribution in [3.05, 3.63) is 88.1 Å². The van der Waals surface area contributed by atoms with Crippen LogP contribution in [0.3, 0.4) is 0 Å². The van der Waals surface area contributed by atoms with Crippen molar-refractivity contribution in [1.82, 2.24) is 14.8 Å². The molecule has 2 aromatic carbocycles. The van der Waals surface area contributed by atoms with Crippen LogP contribution in [0.25, 0.3) is 0 Å². The lowest BCUT2D eigenvalue weighted by atomic mass is 9.82. The van der Waals surface area contributed by atoms with Crippen molar-refractivity contribution in [1.29, 1.82) is 0 Å². The second kappa shape index (κ2) is 19.3. The van der Waals surface area contributed by atoms with Crippen molar-refractivity contribution in [2.45, 2.75) is 86.1 Å². The van der Waals surface area contributed by atoms with Crippen molar-refractivity contribution in [2.24, 2.45) is 0 Å². The molecular formula is C44H51BN6O13S2. The minimum atomic E-state index is -1.47. The molecule has 22 heteroatoms. The molecule has 0 unspecified atom stereocenters. The van der Waals surface area contributed by atoms with E-state index >= 15 is 0 Å². The molecule has 0 radical (unpaired) electrons. The number of nitrogens with zero attached hydrogens (tertiary/aromatic N) is 6. The quantitative estimate of drug-likeness (QED) is 0.0370. The van der Waals surface area contributed by atoms with Crippen molar-refractivity contribution in [3.8, 4) is 23.0 Å². The van der Waals surface area contributed by atoms with Gasteiger partial charge in [0, 0.05) is 37.0 Å². The van der Waals surface area contributed by atoms with Gasteiger partial charge in [0.2, 0.25) is 0 Å². The van der Waals surface area contributed by atoms with E-state index in [0.717, 1.165) is 28.9 Å².